The molecule has 4 heteroatoms. The molecular weight excluding hydrogens is 178 g/mol. The Morgan fingerprint density at radius 3 is 2.75 bits per heavy atom. The van der Waals surface area contributed by atoms with Crippen LogP contribution >= 0.6 is 11.6 Å². The van der Waals surface area contributed by atoms with Crippen LogP contribution in [0.25, 0.3) is 0 Å². The van der Waals surface area contributed by atoms with Crippen LogP contribution in [0.4, 0.5) is 0 Å². The van der Waals surface area contributed by atoms with E-state index in [1.165, 1.54) is 24.6 Å². The van der Waals surface area contributed by atoms with Crippen LogP contribution < -0.4 is 0 Å². The third-order valence-corrected chi connectivity index (χ3v) is 1.75. The van der Waals surface area contributed by atoms with Crippen LogP contribution in [0.15, 0.2) is 23.3 Å². The largest absolute Gasteiger partial charge is 0.480 e. The number of allylic oxidation sites excluding steroid dienone is 2. The molecule has 3 nitrogen and oxygen atoms in total. The summed E-state index contributed by atoms with van der Waals surface area (Å²) in [5.41, 5.74) is -1.59. The zero-order valence-electron chi connectivity index (χ0n) is 5.99. The number of nitriles is 1. The van der Waals surface area contributed by atoms with Crippen LogP contribution in [0, 0.1) is 23.2 Å². The predicted octanol–water partition coefficient (Wildman–Crippen LogP) is 1.48. The monoisotopic (exact) mass is 182 g/mol. The highest BCUT2D eigenvalue weighted by molar-refractivity contribution is 6.31. The maximum atomic E-state index is 10.7. The van der Waals surface area contributed by atoms with Gasteiger partial charge in [0.1, 0.15) is 0 Å². The molecule has 0 aromatic heterocycles. The quantitative estimate of drug-likeness (QED) is 0.668. The second kappa shape index (κ2) is 3.00. The predicted molar refractivity (Wildman–Crippen MR) is 43.1 cm³/mol. The van der Waals surface area contributed by atoms with Crippen molar-refractivity contribution in [1.29, 1.82) is 5.26 Å². The zero-order chi connectivity index (χ0) is 9.19. The smallest absolute Gasteiger partial charge is 0.332 e. The summed E-state index contributed by atoms with van der Waals surface area (Å²) in [5.74, 6) is -1.22. The SMILES string of the molecule is N#CC1(C(=O)O)C=C[CH]C(Cl)=C1. The van der Waals surface area contributed by atoms with Gasteiger partial charge in [0, 0.05) is 11.5 Å². The molecule has 0 saturated heterocycles. The molecule has 0 fully saturated rings. The molecule has 0 amide bonds. The molecule has 1 radical (unpaired) electrons. The van der Waals surface area contributed by atoms with E-state index in [0.29, 0.717) is 0 Å². The van der Waals surface area contributed by atoms with Crippen molar-refractivity contribution in [2.24, 2.45) is 5.41 Å². The van der Waals surface area contributed by atoms with E-state index >= 15 is 0 Å². The highest BCUT2D eigenvalue weighted by Crippen LogP contribution is 2.29. The van der Waals surface area contributed by atoms with E-state index in [4.69, 9.17) is 22.0 Å². The van der Waals surface area contributed by atoms with Crippen LogP contribution in [-0.4, -0.2) is 11.1 Å². The summed E-state index contributed by atoms with van der Waals surface area (Å²) in [6.07, 6.45) is 5.48. The van der Waals surface area contributed by atoms with E-state index in [0.717, 1.165) is 0 Å². The maximum absolute atomic E-state index is 10.7. The van der Waals surface area contributed by atoms with Gasteiger partial charge in [-0.15, -0.1) is 0 Å². The molecule has 1 aliphatic rings. The second-order valence-corrected chi connectivity index (χ2v) is 2.78. The maximum Gasteiger partial charge on any atom is 0.332 e. The molecule has 61 valence electrons. The van der Waals surface area contributed by atoms with Gasteiger partial charge in [0.15, 0.2) is 5.41 Å². The standard InChI is InChI=1S/C8H5ClNO2/c9-6-2-1-3-8(4-6,5-10)7(11)12/h1-4H,(H,11,12). The van der Waals surface area contributed by atoms with Gasteiger partial charge >= 0.3 is 5.97 Å². The van der Waals surface area contributed by atoms with Crippen molar-refractivity contribution < 1.29 is 9.90 Å². The first-order valence-corrected chi connectivity index (χ1v) is 3.54. The molecule has 0 aromatic rings. The van der Waals surface area contributed by atoms with Crippen LogP contribution in [0.1, 0.15) is 0 Å². The summed E-state index contributed by atoms with van der Waals surface area (Å²) < 4.78 is 0. The van der Waals surface area contributed by atoms with Crippen LogP contribution in [-0.2, 0) is 4.79 Å². The van der Waals surface area contributed by atoms with Gasteiger partial charge in [-0.2, -0.15) is 5.26 Å². The molecule has 1 unspecified atom stereocenters. The Morgan fingerprint density at radius 2 is 2.42 bits per heavy atom. The number of carbonyl (C=O) groups is 1. The van der Waals surface area contributed by atoms with Crippen molar-refractivity contribution in [2.75, 3.05) is 0 Å². The third kappa shape index (κ3) is 1.34. The van der Waals surface area contributed by atoms with Gasteiger partial charge in [0.05, 0.1) is 6.07 Å². The van der Waals surface area contributed by atoms with E-state index in [1.807, 2.05) is 0 Å². The van der Waals surface area contributed by atoms with Crippen LogP contribution in [0.5, 0.6) is 0 Å². The lowest BCUT2D eigenvalue weighted by atomic mass is 9.86. The van der Waals surface area contributed by atoms with Gasteiger partial charge in [-0.05, 0) is 6.08 Å². The third-order valence-electron chi connectivity index (χ3n) is 1.52. The number of hydrogen-bond donors (Lipinski definition) is 1. The Kier molecular flexibility index (Phi) is 2.20. The van der Waals surface area contributed by atoms with Crippen molar-refractivity contribution in [1.82, 2.24) is 0 Å². The summed E-state index contributed by atoms with van der Waals surface area (Å²) in [5, 5.41) is 17.6. The van der Waals surface area contributed by atoms with E-state index in [1.54, 1.807) is 6.07 Å². The fourth-order valence-corrected chi connectivity index (χ4v) is 1.10. The summed E-state index contributed by atoms with van der Waals surface area (Å²) in [6.45, 7) is 0. The first-order chi connectivity index (χ1) is 5.60. The second-order valence-electron chi connectivity index (χ2n) is 2.34. The van der Waals surface area contributed by atoms with Crippen molar-refractivity contribution in [3.63, 3.8) is 0 Å². The zero-order valence-corrected chi connectivity index (χ0v) is 6.75. The molecule has 1 rings (SSSR count). The molecule has 0 aliphatic heterocycles. The normalized spacial score (nSPS) is 27.5. The molecule has 0 heterocycles. The topological polar surface area (TPSA) is 61.1 Å². The fraction of sp³-hybridized carbons (Fsp3) is 0.125. The Balaban J connectivity index is 3.11. The van der Waals surface area contributed by atoms with Crippen molar-refractivity contribution in [3.05, 3.63) is 29.7 Å². The Labute approximate surface area is 74.6 Å². The molecule has 1 atom stereocenters. The molecule has 1 aliphatic carbocycles. The summed E-state index contributed by atoms with van der Waals surface area (Å²) >= 11 is 5.56. The van der Waals surface area contributed by atoms with Gasteiger partial charge in [-0.1, -0.05) is 23.8 Å². The van der Waals surface area contributed by atoms with Crippen LogP contribution in [0.2, 0.25) is 0 Å². The number of halogens is 1. The lowest BCUT2D eigenvalue weighted by Crippen LogP contribution is -2.26. The van der Waals surface area contributed by atoms with E-state index in [2.05, 4.69) is 0 Å². The summed E-state index contributed by atoms with van der Waals surface area (Å²) in [7, 11) is 0. The molecule has 0 aromatic carbocycles. The fourth-order valence-electron chi connectivity index (χ4n) is 0.856. The highest BCUT2D eigenvalue weighted by Gasteiger charge is 2.35. The molecule has 0 spiro atoms. The molecule has 0 bridgehead atoms. The number of rotatable bonds is 1. The highest BCUT2D eigenvalue weighted by atomic mass is 35.5. The van der Waals surface area contributed by atoms with Gasteiger partial charge in [-0.25, -0.2) is 4.79 Å². The van der Waals surface area contributed by atoms with Gasteiger partial charge in [-0.3, -0.25) is 0 Å². The van der Waals surface area contributed by atoms with Gasteiger partial charge < -0.3 is 5.11 Å². The number of hydrogen-bond acceptors (Lipinski definition) is 2. The molecule has 12 heavy (non-hydrogen) atoms. The van der Waals surface area contributed by atoms with E-state index < -0.39 is 11.4 Å². The Bertz CT molecular complexity index is 314. The minimum absolute atomic E-state index is 0.265. The molecular formula is C8H5ClNO2. The van der Waals surface area contributed by atoms with Crippen molar-refractivity contribution >= 4 is 17.6 Å². The number of nitrogens with zero attached hydrogens (tertiary/aromatic N) is 1. The summed E-state index contributed by atoms with van der Waals surface area (Å²) in [6, 6.07) is 1.68. The Hall–Kier alpha value is -1.27. The first-order valence-electron chi connectivity index (χ1n) is 3.16. The lowest BCUT2D eigenvalue weighted by Gasteiger charge is -2.16. The minimum atomic E-state index is -1.59. The van der Waals surface area contributed by atoms with E-state index in [9.17, 15) is 4.79 Å². The Morgan fingerprint density at radius 1 is 1.75 bits per heavy atom. The van der Waals surface area contributed by atoms with Crippen molar-refractivity contribution in [3.8, 4) is 6.07 Å². The lowest BCUT2D eigenvalue weighted by molar-refractivity contribution is -0.141. The van der Waals surface area contributed by atoms with Crippen LogP contribution in [0.3, 0.4) is 0 Å². The van der Waals surface area contributed by atoms with Crippen molar-refractivity contribution in [2.45, 2.75) is 0 Å². The first kappa shape index (κ1) is 8.82. The number of carboxylic acid groups (broad SMARTS) is 1. The number of carboxylic acids is 1. The molecule has 1 N–H and O–H groups in total. The summed E-state index contributed by atoms with van der Waals surface area (Å²) in [4.78, 5) is 10.7. The minimum Gasteiger partial charge on any atom is -0.480 e. The average molecular weight is 183 g/mol. The van der Waals surface area contributed by atoms with Gasteiger partial charge in [0.25, 0.3) is 0 Å². The average Bonchev–Trinajstić information content (AvgIpc) is 2.04. The van der Waals surface area contributed by atoms with E-state index in [-0.39, 0.29) is 5.03 Å². The van der Waals surface area contributed by atoms with Gasteiger partial charge in [0.2, 0.25) is 0 Å². The molecule has 0 saturated carbocycles. The number of aliphatic carboxylic acids is 1.